The summed E-state index contributed by atoms with van der Waals surface area (Å²) in [6.45, 7) is 2.10. The Morgan fingerprint density at radius 3 is 2.85 bits per heavy atom. The fourth-order valence-electron chi connectivity index (χ4n) is 2.71. The molecule has 0 aliphatic heterocycles. The molecule has 0 saturated carbocycles. The van der Waals surface area contributed by atoms with Crippen molar-refractivity contribution in [3.05, 3.63) is 65.0 Å². The molecule has 3 aromatic heterocycles. The SMILES string of the molecule is CC[C@@H](Nc1ncncc1-c1nc(-c2ccccc2F)no1)c1cccs1. The second-order valence-electron chi connectivity index (χ2n) is 5.81. The Bertz CT molecular complexity index is 1030. The maximum absolute atomic E-state index is 14.0. The van der Waals surface area contributed by atoms with Gasteiger partial charge in [0.15, 0.2) is 0 Å². The standard InChI is InChI=1S/C19H16FN5OS/c1-2-15(16-8-5-9-27-16)23-17-13(10-21-11-22-17)19-24-18(25-26-19)12-6-3-4-7-14(12)20/h3-11,15H,2H2,1H3,(H,21,22,23)/t15-/m1/s1. The Kier molecular flexibility index (Phi) is 4.88. The van der Waals surface area contributed by atoms with Crippen LogP contribution in [0.1, 0.15) is 24.3 Å². The van der Waals surface area contributed by atoms with E-state index in [2.05, 4.69) is 38.4 Å². The summed E-state index contributed by atoms with van der Waals surface area (Å²) in [4.78, 5) is 13.9. The third kappa shape index (κ3) is 3.56. The molecule has 6 nitrogen and oxygen atoms in total. The van der Waals surface area contributed by atoms with Gasteiger partial charge in [-0.05, 0) is 30.0 Å². The van der Waals surface area contributed by atoms with Crippen LogP contribution in [-0.2, 0) is 0 Å². The number of anilines is 1. The van der Waals surface area contributed by atoms with Gasteiger partial charge in [0.1, 0.15) is 23.5 Å². The topological polar surface area (TPSA) is 76.7 Å². The molecule has 0 radical (unpaired) electrons. The van der Waals surface area contributed by atoms with Gasteiger partial charge in [-0.1, -0.05) is 30.3 Å². The van der Waals surface area contributed by atoms with Gasteiger partial charge < -0.3 is 9.84 Å². The number of aromatic nitrogens is 4. The lowest BCUT2D eigenvalue weighted by Gasteiger charge is -2.17. The molecule has 4 aromatic rings. The molecule has 0 spiro atoms. The van der Waals surface area contributed by atoms with E-state index in [1.54, 1.807) is 35.7 Å². The highest BCUT2D eigenvalue weighted by molar-refractivity contribution is 7.10. The Hall–Kier alpha value is -3.13. The molecule has 0 unspecified atom stereocenters. The second-order valence-corrected chi connectivity index (χ2v) is 6.79. The van der Waals surface area contributed by atoms with Crippen LogP contribution in [0.15, 0.2) is 58.8 Å². The lowest BCUT2D eigenvalue weighted by molar-refractivity contribution is 0.431. The number of nitrogens with zero attached hydrogens (tertiary/aromatic N) is 4. The van der Waals surface area contributed by atoms with Gasteiger partial charge in [-0.15, -0.1) is 11.3 Å². The summed E-state index contributed by atoms with van der Waals surface area (Å²) in [7, 11) is 0. The highest BCUT2D eigenvalue weighted by atomic mass is 32.1. The van der Waals surface area contributed by atoms with Crippen LogP contribution < -0.4 is 5.32 Å². The van der Waals surface area contributed by atoms with Crippen LogP contribution in [0.5, 0.6) is 0 Å². The van der Waals surface area contributed by atoms with E-state index >= 15 is 0 Å². The third-order valence-corrected chi connectivity index (χ3v) is 5.08. The maximum Gasteiger partial charge on any atom is 0.263 e. The summed E-state index contributed by atoms with van der Waals surface area (Å²) >= 11 is 1.68. The normalized spacial score (nSPS) is 12.1. The number of halogens is 1. The Labute approximate surface area is 159 Å². The highest BCUT2D eigenvalue weighted by Gasteiger charge is 2.19. The van der Waals surface area contributed by atoms with E-state index in [0.717, 1.165) is 6.42 Å². The number of hydrogen-bond donors (Lipinski definition) is 1. The largest absolute Gasteiger partial charge is 0.362 e. The number of benzene rings is 1. The predicted molar refractivity (Wildman–Crippen MR) is 102 cm³/mol. The zero-order valence-corrected chi connectivity index (χ0v) is 15.3. The molecule has 1 aromatic carbocycles. The second kappa shape index (κ2) is 7.63. The molecule has 0 aliphatic rings. The molecule has 0 aliphatic carbocycles. The van der Waals surface area contributed by atoms with Crippen LogP contribution in [0.25, 0.3) is 22.8 Å². The quantitative estimate of drug-likeness (QED) is 0.509. The average molecular weight is 381 g/mol. The van der Waals surface area contributed by atoms with Crippen molar-refractivity contribution >= 4 is 17.2 Å². The molecule has 0 amide bonds. The molecular weight excluding hydrogens is 365 g/mol. The lowest BCUT2D eigenvalue weighted by Crippen LogP contribution is -2.10. The van der Waals surface area contributed by atoms with Gasteiger partial charge >= 0.3 is 0 Å². The van der Waals surface area contributed by atoms with Crippen molar-refractivity contribution in [3.63, 3.8) is 0 Å². The van der Waals surface area contributed by atoms with Crippen LogP contribution in [0.4, 0.5) is 10.2 Å². The summed E-state index contributed by atoms with van der Waals surface area (Å²) < 4.78 is 19.3. The molecule has 27 heavy (non-hydrogen) atoms. The monoisotopic (exact) mass is 381 g/mol. The summed E-state index contributed by atoms with van der Waals surface area (Å²) in [5, 5.41) is 9.36. The smallest absolute Gasteiger partial charge is 0.263 e. The summed E-state index contributed by atoms with van der Waals surface area (Å²) in [5.74, 6) is 0.603. The molecule has 0 bridgehead atoms. The summed E-state index contributed by atoms with van der Waals surface area (Å²) in [6, 6.07) is 10.5. The van der Waals surface area contributed by atoms with E-state index in [0.29, 0.717) is 11.4 Å². The van der Waals surface area contributed by atoms with Crippen molar-refractivity contribution in [2.45, 2.75) is 19.4 Å². The predicted octanol–water partition coefficient (Wildman–Crippen LogP) is 4.96. The number of nitrogens with one attached hydrogen (secondary N) is 1. The summed E-state index contributed by atoms with van der Waals surface area (Å²) in [5.41, 5.74) is 0.853. The first-order valence-corrected chi connectivity index (χ1v) is 9.33. The van der Waals surface area contributed by atoms with Crippen LogP contribution in [0.2, 0.25) is 0 Å². The molecule has 1 N–H and O–H groups in total. The van der Waals surface area contributed by atoms with Crippen molar-refractivity contribution in [1.82, 2.24) is 20.1 Å². The Morgan fingerprint density at radius 2 is 2.07 bits per heavy atom. The van der Waals surface area contributed by atoms with Gasteiger partial charge in [-0.2, -0.15) is 4.98 Å². The molecule has 0 saturated heterocycles. The molecule has 8 heteroatoms. The zero-order chi connectivity index (χ0) is 18.6. The minimum atomic E-state index is -0.406. The average Bonchev–Trinajstić information content (AvgIpc) is 3.39. The highest BCUT2D eigenvalue weighted by Crippen LogP contribution is 2.31. The van der Waals surface area contributed by atoms with E-state index < -0.39 is 5.82 Å². The van der Waals surface area contributed by atoms with Crippen LogP contribution in [0.3, 0.4) is 0 Å². The van der Waals surface area contributed by atoms with E-state index in [1.165, 1.54) is 17.3 Å². The van der Waals surface area contributed by atoms with Crippen LogP contribution >= 0.6 is 11.3 Å². The first kappa shape index (κ1) is 17.3. The molecule has 136 valence electrons. The van der Waals surface area contributed by atoms with E-state index in [1.807, 2.05) is 11.4 Å². The van der Waals surface area contributed by atoms with Gasteiger partial charge in [-0.25, -0.2) is 14.4 Å². The van der Waals surface area contributed by atoms with E-state index in [-0.39, 0.29) is 23.3 Å². The van der Waals surface area contributed by atoms with Gasteiger partial charge in [0, 0.05) is 11.1 Å². The van der Waals surface area contributed by atoms with Crippen LogP contribution in [-0.4, -0.2) is 20.1 Å². The van der Waals surface area contributed by atoms with Gasteiger partial charge in [0.05, 0.1) is 11.6 Å². The number of rotatable bonds is 6. The first-order chi connectivity index (χ1) is 13.3. The summed E-state index contributed by atoms with van der Waals surface area (Å²) in [6.07, 6.45) is 3.95. The number of hydrogen-bond acceptors (Lipinski definition) is 7. The van der Waals surface area contributed by atoms with E-state index in [9.17, 15) is 4.39 Å². The van der Waals surface area contributed by atoms with Gasteiger partial charge in [-0.3, -0.25) is 0 Å². The van der Waals surface area contributed by atoms with E-state index in [4.69, 9.17) is 4.52 Å². The van der Waals surface area contributed by atoms with Crippen molar-refractivity contribution in [1.29, 1.82) is 0 Å². The Morgan fingerprint density at radius 1 is 1.19 bits per heavy atom. The Balaban J connectivity index is 1.67. The fraction of sp³-hybridized carbons (Fsp3) is 0.158. The molecule has 1 atom stereocenters. The lowest BCUT2D eigenvalue weighted by atomic mass is 10.1. The van der Waals surface area contributed by atoms with Crippen molar-refractivity contribution in [2.24, 2.45) is 0 Å². The molecule has 3 heterocycles. The first-order valence-electron chi connectivity index (χ1n) is 8.45. The minimum Gasteiger partial charge on any atom is -0.362 e. The molecular formula is C19H16FN5OS. The maximum atomic E-state index is 14.0. The van der Waals surface area contributed by atoms with Crippen molar-refractivity contribution < 1.29 is 8.91 Å². The van der Waals surface area contributed by atoms with Gasteiger partial charge in [0.25, 0.3) is 5.89 Å². The van der Waals surface area contributed by atoms with Crippen molar-refractivity contribution in [2.75, 3.05) is 5.32 Å². The third-order valence-electron chi connectivity index (χ3n) is 4.09. The van der Waals surface area contributed by atoms with Crippen molar-refractivity contribution in [3.8, 4) is 22.8 Å². The fourth-order valence-corrected chi connectivity index (χ4v) is 3.58. The zero-order valence-electron chi connectivity index (χ0n) is 14.5. The number of thiophene rings is 1. The molecule has 0 fully saturated rings. The minimum absolute atomic E-state index is 0.104. The van der Waals surface area contributed by atoms with Crippen LogP contribution in [0, 0.1) is 5.82 Å². The van der Waals surface area contributed by atoms with Gasteiger partial charge in [0.2, 0.25) is 5.82 Å². The molecule has 4 rings (SSSR count).